The first-order valence-electron chi connectivity index (χ1n) is 8.32. The number of benzene rings is 1. The monoisotopic (exact) mass is 272 g/mol. The summed E-state index contributed by atoms with van der Waals surface area (Å²) in [5.41, 5.74) is 3.08. The molecule has 110 valence electrons. The van der Waals surface area contributed by atoms with E-state index in [1.165, 1.54) is 50.8 Å². The number of likely N-dealkylation sites (N-methyl/N-ethyl adjacent to an activating group) is 1. The normalized spacial score (nSPS) is 25.8. The Bertz CT molecular complexity index is 439. The standard InChI is InChI=1S/C18H28N2/c1-3-12-20(13-14-8-9-14)17-11-10-15-6-4-5-7-16(15)18(17)19-2/h4-7,14,17-19H,3,8-13H2,1-2H3. The summed E-state index contributed by atoms with van der Waals surface area (Å²) in [5, 5.41) is 3.60. The quantitative estimate of drug-likeness (QED) is 0.854. The molecule has 0 aliphatic heterocycles. The van der Waals surface area contributed by atoms with Gasteiger partial charge in [-0.3, -0.25) is 4.90 Å². The SMILES string of the molecule is CCCN(CC1CC1)C1CCc2ccccc2C1NC. The van der Waals surface area contributed by atoms with Crippen molar-refractivity contribution < 1.29 is 0 Å². The number of aryl methyl sites for hydroxylation is 1. The highest BCUT2D eigenvalue weighted by Gasteiger charge is 2.34. The first kappa shape index (κ1) is 14.1. The zero-order valence-electron chi connectivity index (χ0n) is 12.9. The number of fused-ring (bicyclic) bond motifs is 1. The van der Waals surface area contributed by atoms with Crippen LogP contribution in [0.4, 0.5) is 0 Å². The highest BCUT2D eigenvalue weighted by Crippen LogP contribution is 2.36. The molecule has 0 saturated heterocycles. The third-order valence-corrected chi connectivity index (χ3v) is 4.96. The molecule has 2 atom stereocenters. The van der Waals surface area contributed by atoms with E-state index >= 15 is 0 Å². The molecular weight excluding hydrogens is 244 g/mol. The molecule has 0 bridgehead atoms. The van der Waals surface area contributed by atoms with E-state index in [1.54, 1.807) is 5.56 Å². The minimum atomic E-state index is 0.505. The number of nitrogens with one attached hydrogen (secondary N) is 1. The second kappa shape index (κ2) is 6.28. The third kappa shape index (κ3) is 2.91. The van der Waals surface area contributed by atoms with Crippen molar-refractivity contribution in [1.29, 1.82) is 0 Å². The van der Waals surface area contributed by atoms with Gasteiger partial charge in [0.25, 0.3) is 0 Å². The zero-order valence-corrected chi connectivity index (χ0v) is 12.9. The van der Waals surface area contributed by atoms with Gasteiger partial charge in [0, 0.05) is 18.6 Å². The molecule has 0 spiro atoms. The van der Waals surface area contributed by atoms with Crippen LogP contribution < -0.4 is 5.32 Å². The Morgan fingerprint density at radius 1 is 1.20 bits per heavy atom. The molecule has 0 aromatic heterocycles. The molecule has 2 unspecified atom stereocenters. The smallest absolute Gasteiger partial charge is 0.0478 e. The minimum Gasteiger partial charge on any atom is -0.312 e. The Morgan fingerprint density at radius 3 is 2.70 bits per heavy atom. The molecule has 1 N–H and O–H groups in total. The molecule has 1 fully saturated rings. The molecule has 1 saturated carbocycles. The van der Waals surface area contributed by atoms with Gasteiger partial charge in [0.1, 0.15) is 0 Å². The zero-order chi connectivity index (χ0) is 13.9. The van der Waals surface area contributed by atoms with Crippen molar-refractivity contribution in [2.45, 2.75) is 51.1 Å². The van der Waals surface area contributed by atoms with Gasteiger partial charge in [-0.05, 0) is 62.7 Å². The number of nitrogens with zero attached hydrogens (tertiary/aromatic N) is 1. The van der Waals surface area contributed by atoms with Crippen LogP contribution in [0.2, 0.25) is 0 Å². The molecule has 0 radical (unpaired) electrons. The molecule has 1 aromatic rings. The van der Waals surface area contributed by atoms with Gasteiger partial charge in [0.15, 0.2) is 0 Å². The van der Waals surface area contributed by atoms with Crippen molar-refractivity contribution in [2.24, 2.45) is 5.92 Å². The van der Waals surface area contributed by atoms with Crippen LogP contribution in [-0.4, -0.2) is 31.1 Å². The van der Waals surface area contributed by atoms with Gasteiger partial charge in [-0.2, -0.15) is 0 Å². The van der Waals surface area contributed by atoms with Gasteiger partial charge in [0.2, 0.25) is 0 Å². The molecule has 1 aromatic carbocycles. The van der Waals surface area contributed by atoms with Gasteiger partial charge >= 0.3 is 0 Å². The lowest BCUT2D eigenvalue weighted by Crippen LogP contribution is -2.47. The number of hydrogen-bond donors (Lipinski definition) is 1. The number of rotatable bonds is 6. The molecule has 2 aliphatic rings. The summed E-state index contributed by atoms with van der Waals surface area (Å²) in [7, 11) is 2.13. The largest absolute Gasteiger partial charge is 0.312 e. The molecule has 3 rings (SSSR count). The van der Waals surface area contributed by atoms with E-state index in [4.69, 9.17) is 0 Å². The van der Waals surface area contributed by atoms with Crippen molar-refractivity contribution in [3.8, 4) is 0 Å². The minimum absolute atomic E-state index is 0.505. The van der Waals surface area contributed by atoms with E-state index in [0.717, 1.165) is 5.92 Å². The Kier molecular flexibility index (Phi) is 4.42. The number of hydrogen-bond acceptors (Lipinski definition) is 2. The molecular formula is C18H28N2. The Hall–Kier alpha value is -0.860. The van der Waals surface area contributed by atoms with E-state index in [9.17, 15) is 0 Å². The first-order valence-corrected chi connectivity index (χ1v) is 8.32. The fraction of sp³-hybridized carbons (Fsp3) is 0.667. The lowest BCUT2D eigenvalue weighted by molar-refractivity contribution is 0.137. The van der Waals surface area contributed by atoms with E-state index in [2.05, 4.69) is 48.5 Å². The fourth-order valence-corrected chi connectivity index (χ4v) is 3.80. The van der Waals surface area contributed by atoms with Crippen LogP contribution in [0, 0.1) is 5.92 Å². The summed E-state index contributed by atoms with van der Waals surface area (Å²) in [4.78, 5) is 2.77. The van der Waals surface area contributed by atoms with Gasteiger partial charge in [-0.25, -0.2) is 0 Å². The van der Waals surface area contributed by atoms with Crippen molar-refractivity contribution in [3.63, 3.8) is 0 Å². The second-order valence-electron chi connectivity index (χ2n) is 6.51. The second-order valence-corrected chi connectivity index (χ2v) is 6.51. The molecule has 2 aliphatic carbocycles. The fourth-order valence-electron chi connectivity index (χ4n) is 3.80. The van der Waals surface area contributed by atoms with Crippen molar-refractivity contribution in [1.82, 2.24) is 10.2 Å². The molecule has 0 heterocycles. The van der Waals surface area contributed by atoms with E-state index < -0.39 is 0 Å². The van der Waals surface area contributed by atoms with Gasteiger partial charge in [-0.1, -0.05) is 31.2 Å². The van der Waals surface area contributed by atoms with Crippen LogP contribution in [-0.2, 0) is 6.42 Å². The van der Waals surface area contributed by atoms with Crippen molar-refractivity contribution in [3.05, 3.63) is 35.4 Å². The molecule has 0 amide bonds. The summed E-state index contributed by atoms with van der Waals surface area (Å²) in [6.07, 6.45) is 6.71. The average molecular weight is 272 g/mol. The summed E-state index contributed by atoms with van der Waals surface area (Å²) in [6, 6.07) is 10.2. The maximum Gasteiger partial charge on any atom is 0.0478 e. The summed E-state index contributed by atoms with van der Waals surface area (Å²) < 4.78 is 0. The highest BCUT2D eigenvalue weighted by atomic mass is 15.2. The summed E-state index contributed by atoms with van der Waals surface area (Å²) in [6.45, 7) is 4.88. The molecule has 2 heteroatoms. The van der Waals surface area contributed by atoms with Crippen molar-refractivity contribution >= 4 is 0 Å². The van der Waals surface area contributed by atoms with Gasteiger partial charge < -0.3 is 5.32 Å². The molecule has 20 heavy (non-hydrogen) atoms. The van der Waals surface area contributed by atoms with Crippen LogP contribution in [0.3, 0.4) is 0 Å². The van der Waals surface area contributed by atoms with Gasteiger partial charge in [0.05, 0.1) is 0 Å². The maximum absolute atomic E-state index is 3.60. The average Bonchev–Trinajstić information content (AvgIpc) is 3.29. The van der Waals surface area contributed by atoms with Crippen LogP contribution in [0.15, 0.2) is 24.3 Å². The van der Waals surface area contributed by atoms with Crippen LogP contribution in [0.25, 0.3) is 0 Å². The van der Waals surface area contributed by atoms with Crippen LogP contribution in [0.5, 0.6) is 0 Å². The summed E-state index contributed by atoms with van der Waals surface area (Å²) >= 11 is 0. The Morgan fingerprint density at radius 2 is 2.00 bits per heavy atom. The Labute approximate surface area is 123 Å². The van der Waals surface area contributed by atoms with Gasteiger partial charge in [-0.15, -0.1) is 0 Å². The lowest BCUT2D eigenvalue weighted by Gasteiger charge is -2.41. The predicted molar refractivity (Wildman–Crippen MR) is 84.9 cm³/mol. The van der Waals surface area contributed by atoms with Crippen LogP contribution in [0.1, 0.15) is 49.8 Å². The highest BCUT2D eigenvalue weighted by molar-refractivity contribution is 5.34. The van der Waals surface area contributed by atoms with Crippen molar-refractivity contribution in [2.75, 3.05) is 20.1 Å². The maximum atomic E-state index is 3.60. The summed E-state index contributed by atoms with van der Waals surface area (Å²) in [5.74, 6) is 0.983. The van der Waals surface area contributed by atoms with Crippen LogP contribution >= 0.6 is 0 Å². The Balaban J connectivity index is 1.80. The van der Waals surface area contributed by atoms with E-state index in [0.29, 0.717) is 12.1 Å². The predicted octanol–water partition coefficient (Wildman–Crippen LogP) is 3.38. The first-order chi connectivity index (χ1) is 9.83. The third-order valence-electron chi connectivity index (χ3n) is 4.96. The lowest BCUT2D eigenvalue weighted by atomic mass is 9.83. The van der Waals surface area contributed by atoms with E-state index in [1.807, 2.05) is 0 Å². The molecule has 2 nitrogen and oxygen atoms in total. The van der Waals surface area contributed by atoms with E-state index in [-0.39, 0.29) is 0 Å². The topological polar surface area (TPSA) is 15.3 Å².